The third-order valence-corrected chi connectivity index (χ3v) is 8.81. The number of ketones is 1. The van der Waals surface area contributed by atoms with Crippen molar-refractivity contribution in [1.29, 1.82) is 0 Å². The van der Waals surface area contributed by atoms with Gasteiger partial charge in [0.25, 0.3) is 11.8 Å². The maximum Gasteiger partial charge on any atom is 0.251 e. The van der Waals surface area contributed by atoms with Crippen LogP contribution >= 0.6 is 0 Å². The molecule has 0 radical (unpaired) electrons. The number of benzene rings is 3. The van der Waals surface area contributed by atoms with Gasteiger partial charge in [0, 0.05) is 24.2 Å². The van der Waals surface area contributed by atoms with Crippen molar-refractivity contribution in [3.05, 3.63) is 101 Å². The zero-order chi connectivity index (χ0) is 30.4. The van der Waals surface area contributed by atoms with Crippen molar-refractivity contribution < 1.29 is 22.8 Å². The second-order valence-electron chi connectivity index (χ2n) is 10.9. The van der Waals surface area contributed by atoms with E-state index in [9.17, 15) is 22.8 Å². The van der Waals surface area contributed by atoms with Crippen molar-refractivity contribution in [3.63, 3.8) is 0 Å². The smallest absolute Gasteiger partial charge is 0.251 e. The number of rotatable bonds is 11. The van der Waals surface area contributed by atoms with E-state index in [-0.39, 0.29) is 40.7 Å². The van der Waals surface area contributed by atoms with Gasteiger partial charge in [0.15, 0.2) is 5.78 Å². The standard InChI is InChI=1S/C32H38N4O5S/c1-21-15-16-28(33-21)30(37)29(17-23-11-7-5-8-12-23)35-32(39)26-18-25(19-27(20-26)36(3)42(4,40)41)31(38)34-22(2)24-13-9-6-10-14-24/h5-14,18-22,28-29,33H,15-17H2,1-4H3,(H,34,38)(H,35,39). The Hall–Kier alpha value is -4.02. The molecule has 222 valence electrons. The number of carbonyl (C=O) groups is 3. The lowest BCUT2D eigenvalue weighted by Gasteiger charge is -2.23. The average molecular weight is 591 g/mol. The number of nitrogens with zero attached hydrogens (tertiary/aromatic N) is 1. The molecule has 1 heterocycles. The minimum absolute atomic E-state index is 0.0686. The molecule has 3 N–H and O–H groups in total. The van der Waals surface area contributed by atoms with Gasteiger partial charge < -0.3 is 16.0 Å². The molecule has 2 amide bonds. The summed E-state index contributed by atoms with van der Waals surface area (Å²) < 4.78 is 25.8. The van der Waals surface area contributed by atoms with Crippen molar-refractivity contribution in [3.8, 4) is 0 Å². The molecular weight excluding hydrogens is 552 g/mol. The third-order valence-electron chi connectivity index (χ3n) is 7.60. The Morgan fingerprint density at radius 2 is 1.48 bits per heavy atom. The van der Waals surface area contributed by atoms with Crippen molar-refractivity contribution in [1.82, 2.24) is 16.0 Å². The molecule has 4 unspecified atom stereocenters. The van der Waals surface area contributed by atoms with Crippen LogP contribution in [0.5, 0.6) is 0 Å². The van der Waals surface area contributed by atoms with Gasteiger partial charge in [-0.1, -0.05) is 60.7 Å². The van der Waals surface area contributed by atoms with Gasteiger partial charge in [-0.15, -0.1) is 0 Å². The van der Waals surface area contributed by atoms with Crippen molar-refractivity contribution >= 4 is 33.3 Å². The normalized spacial score (nSPS) is 18.1. The van der Waals surface area contributed by atoms with Crippen LogP contribution in [-0.2, 0) is 21.2 Å². The predicted molar refractivity (Wildman–Crippen MR) is 164 cm³/mol. The highest BCUT2D eigenvalue weighted by molar-refractivity contribution is 7.92. The quantitative estimate of drug-likeness (QED) is 0.313. The first-order valence-corrected chi connectivity index (χ1v) is 15.9. The SMILES string of the molecule is CC1CCC(C(=O)C(Cc2ccccc2)NC(=O)c2cc(C(=O)NC(C)c3ccccc3)cc(N(C)S(C)(=O)=O)c2)N1. The fourth-order valence-corrected chi connectivity index (χ4v) is 5.55. The number of amides is 2. The van der Waals surface area contributed by atoms with Gasteiger partial charge in [-0.05, 0) is 62.4 Å². The van der Waals surface area contributed by atoms with Crippen LogP contribution in [0.2, 0.25) is 0 Å². The second-order valence-corrected chi connectivity index (χ2v) is 12.9. The summed E-state index contributed by atoms with van der Waals surface area (Å²) >= 11 is 0. The number of hydrogen-bond donors (Lipinski definition) is 3. The van der Waals surface area contributed by atoms with Crippen LogP contribution in [0.3, 0.4) is 0 Å². The molecule has 42 heavy (non-hydrogen) atoms. The fraction of sp³-hybridized carbons (Fsp3) is 0.344. The van der Waals surface area contributed by atoms with Crippen LogP contribution in [0, 0.1) is 0 Å². The van der Waals surface area contributed by atoms with Crippen LogP contribution in [0.1, 0.15) is 64.6 Å². The molecular formula is C32H38N4O5S. The third kappa shape index (κ3) is 7.83. The van der Waals surface area contributed by atoms with Crippen molar-refractivity contribution in [2.75, 3.05) is 17.6 Å². The number of carbonyl (C=O) groups excluding carboxylic acids is 3. The number of nitrogens with one attached hydrogen (secondary N) is 3. The maximum absolute atomic E-state index is 13.7. The Morgan fingerprint density at radius 3 is 2.02 bits per heavy atom. The summed E-state index contributed by atoms with van der Waals surface area (Å²) in [5.74, 6) is -1.16. The molecule has 0 spiro atoms. The molecule has 10 heteroatoms. The lowest BCUT2D eigenvalue weighted by Crippen LogP contribution is -2.50. The largest absolute Gasteiger partial charge is 0.346 e. The van der Waals surface area contributed by atoms with Crippen molar-refractivity contribution in [2.45, 2.75) is 57.3 Å². The number of Topliss-reactive ketones (excluding diaryl/α,β-unsaturated/α-hetero) is 1. The molecule has 1 saturated heterocycles. The van der Waals surface area contributed by atoms with E-state index in [1.54, 1.807) is 0 Å². The molecule has 0 bridgehead atoms. The molecule has 0 aliphatic carbocycles. The summed E-state index contributed by atoms with van der Waals surface area (Å²) in [5, 5.41) is 9.10. The first-order chi connectivity index (χ1) is 19.9. The highest BCUT2D eigenvalue weighted by Gasteiger charge is 2.33. The molecule has 0 saturated carbocycles. The number of sulfonamides is 1. The first kappa shape index (κ1) is 30.9. The Kier molecular flexibility index (Phi) is 9.80. The summed E-state index contributed by atoms with van der Waals surface area (Å²) in [7, 11) is -2.34. The number of anilines is 1. The van der Waals surface area contributed by atoms with Gasteiger partial charge in [-0.25, -0.2) is 8.42 Å². The van der Waals surface area contributed by atoms with E-state index in [4.69, 9.17) is 0 Å². The lowest BCUT2D eigenvalue weighted by molar-refractivity contribution is -0.122. The Bertz CT molecular complexity index is 1530. The van der Waals surface area contributed by atoms with E-state index < -0.39 is 27.9 Å². The molecule has 0 aromatic heterocycles. The van der Waals surface area contributed by atoms with Crippen LogP contribution < -0.4 is 20.3 Å². The molecule has 1 aliphatic heterocycles. The van der Waals surface area contributed by atoms with E-state index in [0.717, 1.165) is 28.1 Å². The summed E-state index contributed by atoms with van der Waals surface area (Å²) in [4.78, 5) is 40.6. The van der Waals surface area contributed by atoms with Gasteiger partial charge in [0.1, 0.15) is 0 Å². The van der Waals surface area contributed by atoms with Crippen LogP contribution in [0.4, 0.5) is 5.69 Å². The monoisotopic (exact) mass is 590 g/mol. The van der Waals surface area contributed by atoms with Gasteiger partial charge >= 0.3 is 0 Å². The molecule has 1 fully saturated rings. The highest BCUT2D eigenvalue weighted by Crippen LogP contribution is 2.23. The Labute approximate surface area is 247 Å². The summed E-state index contributed by atoms with van der Waals surface area (Å²) in [6.45, 7) is 3.86. The van der Waals surface area contributed by atoms with Gasteiger partial charge in [0.05, 0.1) is 30.1 Å². The van der Waals surface area contributed by atoms with E-state index in [1.807, 2.05) is 74.5 Å². The first-order valence-electron chi connectivity index (χ1n) is 14.0. The minimum Gasteiger partial charge on any atom is -0.346 e. The Balaban J connectivity index is 1.65. The van der Waals surface area contributed by atoms with E-state index >= 15 is 0 Å². The fourth-order valence-electron chi connectivity index (χ4n) is 5.06. The summed E-state index contributed by atoms with van der Waals surface area (Å²) in [6.07, 6.45) is 2.88. The zero-order valence-corrected chi connectivity index (χ0v) is 25.1. The van der Waals surface area contributed by atoms with Crippen LogP contribution in [0.15, 0.2) is 78.9 Å². The lowest BCUT2D eigenvalue weighted by atomic mass is 9.96. The summed E-state index contributed by atoms with van der Waals surface area (Å²) in [5.41, 5.74) is 2.13. The number of hydrogen-bond acceptors (Lipinski definition) is 6. The van der Waals surface area contributed by atoms with Gasteiger partial charge in [0.2, 0.25) is 10.0 Å². The van der Waals surface area contributed by atoms with Gasteiger partial charge in [-0.2, -0.15) is 0 Å². The predicted octanol–water partition coefficient (Wildman–Crippen LogP) is 3.62. The zero-order valence-electron chi connectivity index (χ0n) is 24.3. The molecule has 4 rings (SSSR count). The average Bonchev–Trinajstić information content (AvgIpc) is 3.42. The van der Waals surface area contributed by atoms with Crippen molar-refractivity contribution in [2.24, 2.45) is 0 Å². The van der Waals surface area contributed by atoms with E-state index in [0.29, 0.717) is 12.8 Å². The molecule has 3 aromatic rings. The highest BCUT2D eigenvalue weighted by atomic mass is 32.2. The molecule has 3 aromatic carbocycles. The Morgan fingerprint density at radius 1 is 0.905 bits per heavy atom. The molecule has 1 aliphatic rings. The van der Waals surface area contributed by atoms with Gasteiger partial charge in [-0.3, -0.25) is 18.7 Å². The molecule has 9 nitrogen and oxygen atoms in total. The van der Waals surface area contributed by atoms with E-state index in [1.165, 1.54) is 25.2 Å². The van der Waals surface area contributed by atoms with Crippen LogP contribution in [-0.4, -0.2) is 57.4 Å². The second kappa shape index (κ2) is 13.3. The maximum atomic E-state index is 13.7. The van der Waals surface area contributed by atoms with E-state index in [2.05, 4.69) is 16.0 Å². The topological polar surface area (TPSA) is 125 Å². The van der Waals surface area contributed by atoms with Crippen LogP contribution in [0.25, 0.3) is 0 Å². The summed E-state index contributed by atoms with van der Waals surface area (Å²) in [6, 6.07) is 21.8. The minimum atomic E-state index is -3.69. The molecule has 4 atom stereocenters.